The van der Waals surface area contributed by atoms with Crippen molar-refractivity contribution in [2.24, 2.45) is 11.0 Å². The Morgan fingerprint density at radius 2 is 1.90 bits per heavy atom. The van der Waals surface area contributed by atoms with E-state index >= 15 is 0 Å². The van der Waals surface area contributed by atoms with Gasteiger partial charge in [-0.05, 0) is 46.5 Å². The summed E-state index contributed by atoms with van der Waals surface area (Å²) < 4.78 is 10.2. The van der Waals surface area contributed by atoms with Crippen LogP contribution in [-0.2, 0) is 14.3 Å². The van der Waals surface area contributed by atoms with Crippen LogP contribution >= 0.6 is 0 Å². The Hall–Kier alpha value is -1.59. The van der Waals surface area contributed by atoms with E-state index in [0.29, 0.717) is 18.9 Å². The number of ether oxygens (including phenoxy) is 2. The molecular formula is C14H24N2O4. The Bertz CT molecular complexity index is 394. The fourth-order valence-electron chi connectivity index (χ4n) is 1.52. The van der Waals surface area contributed by atoms with Gasteiger partial charge in [0.2, 0.25) is 0 Å². The van der Waals surface area contributed by atoms with E-state index in [1.165, 1.54) is 7.05 Å². The monoisotopic (exact) mass is 284 g/mol. The smallest absolute Gasteiger partial charge is 0.430 e. The maximum Gasteiger partial charge on any atom is 0.430 e. The molecule has 114 valence electrons. The zero-order valence-electron chi connectivity index (χ0n) is 12.9. The van der Waals surface area contributed by atoms with E-state index in [-0.39, 0.29) is 5.71 Å². The van der Waals surface area contributed by atoms with Crippen LogP contribution in [0.15, 0.2) is 5.10 Å². The number of hydrogen-bond acceptors (Lipinski definition) is 5. The molecule has 20 heavy (non-hydrogen) atoms. The number of carbonyl (C=O) groups excluding carboxylic acids is 2. The topological polar surface area (TPSA) is 68.2 Å². The van der Waals surface area contributed by atoms with Gasteiger partial charge in [0.15, 0.2) is 0 Å². The molecule has 0 aliphatic heterocycles. The van der Waals surface area contributed by atoms with Gasteiger partial charge in [0.05, 0.1) is 6.61 Å². The lowest BCUT2D eigenvalue weighted by molar-refractivity contribution is -0.135. The van der Waals surface area contributed by atoms with Crippen LogP contribution in [0.1, 0.15) is 47.0 Å². The highest BCUT2D eigenvalue weighted by Gasteiger charge is 2.28. The molecule has 0 N–H and O–H groups in total. The van der Waals surface area contributed by atoms with Gasteiger partial charge in [-0.2, -0.15) is 5.10 Å². The molecule has 0 aromatic carbocycles. The van der Waals surface area contributed by atoms with Gasteiger partial charge >= 0.3 is 12.1 Å². The average Bonchev–Trinajstić information content (AvgIpc) is 3.10. The molecule has 0 aromatic rings. The lowest BCUT2D eigenvalue weighted by Gasteiger charge is -2.22. The fraction of sp³-hybridized carbons (Fsp3) is 0.786. The number of hydrogen-bond donors (Lipinski definition) is 0. The first-order valence-electron chi connectivity index (χ1n) is 6.94. The molecule has 0 spiro atoms. The lowest BCUT2D eigenvalue weighted by atomic mass is 10.2. The lowest BCUT2D eigenvalue weighted by Crippen LogP contribution is -2.33. The average molecular weight is 284 g/mol. The van der Waals surface area contributed by atoms with Gasteiger partial charge in [0, 0.05) is 13.5 Å². The number of carbonyl (C=O) groups is 2. The van der Waals surface area contributed by atoms with Crippen LogP contribution in [0.4, 0.5) is 4.79 Å². The van der Waals surface area contributed by atoms with Crippen LogP contribution in [0.25, 0.3) is 0 Å². The van der Waals surface area contributed by atoms with Crippen molar-refractivity contribution in [3.8, 4) is 0 Å². The normalized spacial score (nSPS) is 15.8. The summed E-state index contributed by atoms with van der Waals surface area (Å²) in [6.45, 7) is 7.36. The molecular weight excluding hydrogens is 260 g/mol. The van der Waals surface area contributed by atoms with Gasteiger partial charge in [-0.1, -0.05) is 0 Å². The highest BCUT2D eigenvalue weighted by Crippen LogP contribution is 2.33. The summed E-state index contributed by atoms with van der Waals surface area (Å²) in [5.74, 6) is 0.0139. The summed E-state index contributed by atoms with van der Waals surface area (Å²) in [5, 5.41) is 5.12. The second-order valence-corrected chi connectivity index (χ2v) is 5.92. The van der Waals surface area contributed by atoms with E-state index in [1.807, 2.05) is 0 Å². The highest BCUT2D eigenvalue weighted by atomic mass is 16.6. The van der Waals surface area contributed by atoms with E-state index in [9.17, 15) is 9.59 Å². The summed E-state index contributed by atoms with van der Waals surface area (Å²) in [4.78, 5) is 23.6. The van der Waals surface area contributed by atoms with Gasteiger partial charge in [-0.3, -0.25) is 0 Å². The van der Waals surface area contributed by atoms with Crippen molar-refractivity contribution in [2.45, 2.75) is 52.6 Å². The SMILES string of the molecule is CCOC(=O)/C(CC1CC1)=N/N(C)C(=O)OC(C)(C)C. The van der Waals surface area contributed by atoms with Gasteiger partial charge in [-0.25, -0.2) is 14.6 Å². The largest absolute Gasteiger partial charge is 0.461 e. The van der Waals surface area contributed by atoms with Crippen molar-refractivity contribution in [3.63, 3.8) is 0 Å². The molecule has 1 aliphatic rings. The van der Waals surface area contributed by atoms with E-state index in [2.05, 4.69) is 5.10 Å². The zero-order chi connectivity index (χ0) is 15.3. The maximum absolute atomic E-state index is 11.8. The number of rotatable bonds is 5. The van der Waals surface area contributed by atoms with Crippen molar-refractivity contribution in [1.82, 2.24) is 5.01 Å². The minimum atomic E-state index is -0.596. The van der Waals surface area contributed by atoms with Crippen LogP contribution in [0, 0.1) is 5.92 Å². The molecule has 1 saturated carbocycles. The molecule has 1 rings (SSSR count). The van der Waals surface area contributed by atoms with Crippen LogP contribution < -0.4 is 0 Å². The minimum absolute atomic E-state index is 0.280. The third-order valence-electron chi connectivity index (χ3n) is 2.62. The Kier molecular flexibility index (Phi) is 5.53. The highest BCUT2D eigenvalue weighted by molar-refractivity contribution is 6.36. The Morgan fingerprint density at radius 3 is 2.35 bits per heavy atom. The Balaban J connectivity index is 2.71. The van der Waals surface area contributed by atoms with Gasteiger partial charge < -0.3 is 9.47 Å². The van der Waals surface area contributed by atoms with Gasteiger partial charge in [0.25, 0.3) is 0 Å². The number of esters is 1. The van der Waals surface area contributed by atoms with Crippen molar-refractivity contribution in [3.05, 3.63) is 0 Å². The molecule has 0 heterocycles. The van der Waals surface area contributed by atoms with Crippen molar-refractivity contribution >= 4 is 17.8 Å². The zero-order valence-corrected chi connectivity index (χ0v) is 12.9. The van der Waals surface area contributed by atoms with Gasteiger partial charge in [-0.15, -0.1) is 0 Å². The quantitative estimate of drug-likeness (QED) is 0.442. The third kappa shape index (κ3) is 6.04. The van der Waals surface area contributed by atoms with Crippen LogP contribution in [-0.4, -0.2) is 42.0 Å². The molecule has 1 aliphatic carbocycles. The summed E-state index contributed by atoms with van der Waals surface area (Å²) >= 11 is 0. The molecule has 0 saturated heterocycles. The minimum Gasteiger partial charge on any atom is -0.461 e. The third-order valence-corrected chi connectivity index (χ3v) is 2.62. The second-order valence-electron chi connectivity index (χ2n) is 5.92. The number of amides is 1. The number of hydrazone groups is 1. The maximum atomic E-state index is 11.8. The first-order valence-corrected chi connectivity index (χ1v) is 6.94. The van der Waals surface area contributed by atoms with Crippen molar-refractivity contribution in [2.75, 3.05) is 13.7 Å². The predicted octanol–water partition coefficient (Wildman–Crippen LogP) is 2.57. The summed E-state index contributed by atoms with van der Waals surface area (Å²) in [6.07, 6.45) is 2.14. The van der Waals surface area contributed by atoms with E-state index in [4.69, 9.17) is 9.47 Å². The molecule has 1 amide bonds. The van der Waals surface area contributed by atoms with Crippen molar-refractivity contribution < 1.29 is 19.1 Å². The summed E-state index contributed by atoms with van der Waals surface area (Å²) in [5.41, 5.74) is -0.316. The summed E-state index contributed by atoms with van der Waals surface area (Å²) in [6, 6.07) is 0. The Morgan fingerprint density at radius 1 is 1.30 bits per heavy atom. The molecule has 0 bridgehead atoms. The van der Waals surface area contributed by atoms with Crippen LogP contribution in [0.2, 0.25) is 0 Å². The van der Waals surface area contributed by atoms with Gasteiger partial charge in [0.1, 0.15) is 11.3 Å². The molecule has 1 fully saturated rings. The molecule has 0 unspecified atom stereocenters. The number of nitrogens with zero attached hydrogens (tertiary/aromatic N) is 2. The first-order chi connectivity index (χ1) is 9.23. The second kappa shape index (κ2) is 6.72. The van der Waals surface area contributed by atoms with Crippen LogP contribution in [0.5, 0.6) is 0 Å². The van der Waals surface area contributed by atoms with Crippen molar-refractivity contribution in [1.29, 1.82) is 0 Å². The fourth-order valence-corrected chi connectivity index (χ4v) is 1.52. The first kappa shape index (κ1) is 16.5. The van der Waals surface area contributed by atoms with E-state index in [0.717, 1.165) is 17.9 Å². The molecule has 6 nitrogen and oxygen atoms in total. The predicted molar refractivity (Wildman–Crippen MR) is 75.4 cm³/mol. The Labute approximate surface area is 120 Å². The van der Waals surface area contributed by atoms with E-state index in [1.54, 1.807) is 27.7 Å². The standard InChI is InChI=1S/C14H24N2O4/c1-6-19-12(17)11(9-10-7-8-10)15-16(5)13(18)20-14(2,3)4/h10H,6-9H2,1-5H3/b15-11+. The summed E-state index contributed by atoms with van der Waals surface area (Å²) in [7, 11) is 1.47. The molecule has 0 radical (unpaired) electrons. The molecule has 0 atom stereocenters. The molecule has 0 aromatic heterocycles. The van der Waals surface area contributed by atoms with E-state index < -0.39 is 17.7 Å². The van der Waals surface area contributed by atoms with Crippen LogP contribution in [0.3, 0.4) is 0 Å². The molecule has 6 heteroatoms.